The van der Waals surface area contributed by atoms with Crippen LogP contribution < -0.4 is 26.4 Å². The average Bonchev–Trinajstić information content (AvgIpc) is 3.56. The number of nitrogens with one attached hydrogen (secondary N) is 3. The standard InChI is InChI=1S/C36H30N4O6S/c1-45-31-10-6-5-9-29(31)32-20-17-27(46-32)21-30(40-35(43)24-7-3-2-4-8-24)36(44)39-26-15-18-28(19-16-26)47-22-33(41)38-25-13-11-23(12-14-25)34(37)42/h2-21H,22H2,1H3,(H2,37,42)(H,38,41)(H,39,44)(H,40,43). The topological polar surface area (TPSA) is 153 Å². The molecule has 5 aromatic rings. The van der Waals surface area contributed by atoms with Gasteiger partial charge in [-0.05, 0) is 84.9 Å². The first-order valence-corrected chi connectivity index (χ1v) is 15.3. The predicted molar refractivity (Wildman–Crippen MR) is 182 cm³/mol. The highest BCUT2D eigenvalue weighted by molar-refractivity contribution is 8.00. The van der Waals surface area contributed by atoms with E-state index in [2.05, 4.69) is 16.0 Å². The van der Waals surface area contributed by atoms with Crippen molar-refractivity contribution in [2.75, 3.05) is 23.5 Å². The molecular formula is C36H30N4O6S. The summed E-state index contributed by atoms with van der Waals surface area (Å²) >= 11 is 1.31. The number of carbonyl (C=O) groups excluding carboxylic acids is 4. The molecule has 47 heavy (non-hydrogen) atoms. The van der Waals surface area contributed by atoms with Crippen LogP contribution in [0.3, 0.4) is 0 Å². The van der Waals surface area contributed by atoms with E-state index in [1.165, 1.54) is 17.8 Å². The highest BCUT2D eigenvalue weighted by atomic mass is 32.2. The van der Waals surface area contributed by atoms with Gasteiger partial charge < -0.3 is 30.8 Å². The molecule has 0 saturated heterocycles. The summed E-state index contributed by atoms with van der Waals surface area (Å²) in [6, 6.07) is 32.6. The van der Waals surface area contributed by atoms with Crippen molar-refractivity contribution < 1.29 is 28.3 Å². The summed E-state index contributed by atoms with van der Waals surface area (Å²) < 4.78 is 11.4. The van der Waals surface area contributed by atoms with Gasteiger partial charge in [0.15, 0.2) is 0 Å². The lowest BCUT2D eigenvalue weighted by atomic mass is 10.1. The molecule has 236 valence electrons. The van der Waals surface area contributed by atoms with Crippen LogP contribution in [0.4, 0.5) is 11.4 Å². The van der Waals surface area contributed by atoms with E-state index < -0.39 is 17.7 Å². The molecule has 0 bridgehead atoms. The van der Waals surface area contributed by atoms with Gasteiger partial charge in [-0.15, -0.1) is 11.8 Å². The lowest BCUT2D eigenvalue weighted by molar-refractivity contribution is -0.114. The third kappa shape index (κ3) is 8.77. The monoisotopic (exact) mass is 646 g/mol. The number of carbonyl (C=O) groups is 4. The van der Waals surface area contributed by atoms with E-state index in [-0.39, 0.29) is 17.4 Å². The highest BCUT2D eigenvalue weighted by Crippen LogP contribution is 2.31. The minimum Gasteiger partial charge on any atom is -0.496 e. The van der Waals surface area contributed by atoms with Gasteiger partial charge in [-0.1, -0.05) is 30.3 Å². The van der Waals surface area contributed by atoms with Crippen molar-refractivity contribution in [2.24, 2.45) is 5.73 Å². The van der Waals surface area contributed by atoms with E-state index >= 15 is 0 Å². The Kier molecular flexibility index (Phi) is 10.5. The lowest BCUT2D eigenvalue weighted by Gasteiger charge is -2.11. The number of nitrogens with two attached hydrogens (primary N) is 1. The maximum atomic E-state index is 13.5. The fourth-order valence-corrected chi connectivity index (χ4v) is 5.10. The number of hydrogen-bond donors (Lipinski definition) is 4. The number of hydrogen-bond acceptors (Lipinski definition) is 7. The molecule has 11 heteroatoms. The minimum absolute atomic E-state index is 0.0289. The van der Waals surface area contributed by atoms with E-state index in [4.69, 9.17) is 14.9 Å². The fraction of sp³-hybridized carbons (Fsp3) is 0.0556. The lowest BCUT2D eigenvalue weighted by Crippen LogP contribution is -2.30. The van der Waals surface area contributed by atoms with E-state index in [9.17, 15) is 19.2 Å². The molecule has 0 aliphatic carbocycles. The second kappa shape index (κ2) is 15.3. The van der Waals surface area contributed by atoms with E-state index in [0.717, 1.165) is 10.5 Å². The van der Waals surface area contributed by atoms with Crippen molar-refractivity contribution in [1.82, 2.24) is 5.32 Å². The molecule has 0 atom stereocenters. The Morgan fingerprint density at radius 1 is 0.766 bits per heavy atom. The summed E-state index contributed by atoms with van der Waals surface area (Å²) in [5.74, 6) is -0.144. The first-order valence-electron chi connectivity index (χ1n) is 14.3. The molecule has 4 amide bonds. The van der Waals surface area contributed by atoms with Gasteiger partial charge in [0.2, 0.25) is 11.8 Å². The zero-order valence-electron chi connectivity index (χ0n) is 25.2. The van der Waals surface area contributed by atoms with Crippen LogP contribution in [0.2, 0.25) is 0 Å². The number of amides is 4. The minimum atomic E-state index is -0.563. The van der Waals surface area contributed by atoms with Gasteiger partial charge in [0.05, 0.1) is 18.4 Å². The zero-order chi connectivity index (χ0) is 33.2. The molecule has 0 saturated carbocycles. The van der Waals surface area contributed by atoms with Gasteiger partial charge >= 0.3 is 0 Å². The van der Waals surface area contributed by atoms with Gasteiger partial charge in [-0.2, -0.15) is 0 Å². The van der Waals surface area contributed by atoms with Crippen LogP contribution in [-0.2, 0) is 9.59 Å². The van der Waals surface area contributed by atoms with Crippen molar-refractivity contribution >= 4 is 52.8 Å². The van der Waals surface area contributed by atoms with Crippen LogP contribution in [0.25, 0.3) is 17.4 Å². The first kappa shape index (κ1) is 32.3. The van der Waals surface area contributed by atoms with E-state index in [1.807, 2.05) is 24.3 Å². The molecule has 0 spiro atoms. The Balaban J connectivity index is 1.26. The first-order chi connectivity index (χ1) is 22.8. The van der Waals surface area contributed by atoms with Crippen LogP contribution in [0, 0.1) is 0 Å². The number of rotatable bonds is 12. The Morgan fingerprint density at radius 2 is 1.43 bits per heavy atom. The van der Waals surface area contributed by atoms with Gasteiger partial charge in [0, 0.05) is 33.5 Å². The van der Waals surface area contributed by atoms with Crippen molar-refractivity contribution in [3.8, 4) is 17.1 Å². The number of ether oxygens (including phenoxy) is 1. The predicted octanol–water partition coefficient (Wildman–Crippen LogP) is 6.19. The molecule has 5 N–H and O–H groups in total. The van der Waals surface area contributed by atoms with Crippen molar-refractivity contribution in [2.45, 2.75) is 4.90 Å². The third-order valence-corrected chi connectivity index (χ3v) is 7.76. The maximum absolute atomic E-state index is 13.5. The summed E-state index contributed by atoms with van der Waals surface area (Å²) in [4.78, 5) is 50.9. The van der Waals surface area contributed by atoms with Crippen LogP contribution in [0.1, 0.15) is 26.5 Å². The smallest absolute Gasteiger partial charge is 0.272 e. The second-order valence-corrected chi connectivity index (χ2v) is 11.1. The third-order valence-electron chi connectivity index (χ3n) is 6.75. The van der Waals surface area contributed by atoms with Gasteiger partial charge in [0.25, 0.3) is 11.8 Å². The number of thioether (sulfide) groups is 1. The van der Waals surface area contributed by atoms with Crippen molar-refractivity contribution in [3.05, 3.63) is 138 Å². The Hall–Kier alpha value is -6.07. The molecule has 0 aliphatic rings. The van der Waals surface area contributed by atoms with Crippen molar-refractivity contribution in [1.29, 1.82) is 0 Å². The molecule has 0 unspecified atom stereocenters. The van der Waals surface area contributed by atoms with E-state index in [0.29, 0.717) is 39.8 Å². The molecule has 5 rings (SSSR count). The van der Waals surface area contributed by atoms with Crippen molar-refractivity contribution in [3.63, 3.8) is 0 Å². The SMILES string of the molecule is COc1ccccc1-c1ccc(C=C(NC(=O)c2ccccc2)C(=O)Nc2ccc(SCC(=O)Nc3ccc(C(N)=O)cc3)cc2)o1. The molecular weight excluding hydrogens is 616 g/mol. The summed E-state index contributed by atoms with van der Waals surface area (Å²) in [5.41, 5.74) is 7.72. The number of benzene rings is 4. The summed E-state index contributed by atoms with van der Waals surface area (Å²) in [7, 11) is 1.57. The summed E-state index contributed by atoms with van der Waals surface area (Å²) in [6.07, 6.45) is 1.46. The normalized spacial score (nSPS) is 11.0. The summed E-state index contributed by atoms with van der Waals surface area (Å²) in [6.45, 7) is 0. The van der Waals surface area contributed by atoms with Crippen LogP contribution >= 0.6 is 11.8 Å². The largest absolute Gasteiger partial charge is 0.496 e. The second-order valence-electron chi connectivity index (χ2n) is 10.0. The number of methoxy groups -OCH3 is 1. The van der Waals surface area contributed by atoms with Crippen LogP contribution in [-0.4, -0.2) is 36.5 Å². The molecule has 0 radical (unpaired) electrons. The van der Waals surface area contributed by atoms with Gasteiger partial charge in [-0.3, -0.25) is 19.2 Å². The van der Waals surface area contributed by atoms with Gasteiger partial charge in [-0.25, -0.2) is 0 Å². The van der Waals surface area contributed by atoms with E-state index in [1.54, 1.807) is 98.1 Å². The number of furan rings is 1. The summed E-state index contributed by atoms with van der Waals surface area (Å²) in [5, 5.41) is 8.28. The molecule has 0 aliphatic heterocycles. The molecule has 4 aromatic carbocycles. The Morgan fingerprint density at radius 3 is 2.13 bits per heavy atom. The number of primary amides is 1. The zero-order valence-corrected chi connectivity index (χ0v) is 26.0. The molecule has 0 fully saturated rings. The molecule has 1 heterocycles. The number of anilines is 2. The Bertz CT molecular complexity index is 1920. The number of para-hydroxylation sites is 1. The maximum Gasteiger partial charge on any atom is 0.272 e. The van der Waals surface area contributed by atoms with Gasteiger partial charge in [0.1, 0.15) is 23.0 Å². The molecule has 1 aromatic heterocycles. The van der Waals surface area contributed by atoms with Crippen LogP contribution in [0.5, 0.6) is 5.75 Å². The van der Waals surface area contributed by atoms with Crippen LogP contribution in [0.15, 0.2) is 130 Å². The average molecular weight is 647 g/mol. The highest BCUT2D eigenvalue weighted by Gasteiger charge is 2.17. The fourth-order valence-electron chi connectivity index (χ4n) is 4.40. The Labute approximate surface area is 275 Å². The molecule has 10 nitrogen and oxygen atoms in total. The quantitative estimate of drug-likeness (QED) is 0.0931.